The van der Waals surface area contributed by atoms with E-state index in [0.717, 1.165) is 12.1 Å². The normalized spacial score (nSPS) is 10.5. The number of hydrogen-bond donors (Lipinski definition) is 0. The van der Waals surface area contributed by atoms with Gasteiger partial charge < -0.3 is 0 Å². The van der Waals surface area contributed by atoms with E-state index >= 15 is 0 Å². The van der Waals surface area contributed by atoms with Crippen molar-refractivity contribution in [1.29, 1.82) is 0 Å². The molecule has 1 aromatic rings. The molecule has 0 heterocycles. The van der Waals surface area contributed by atoms with Crippen LogP contribution >= 0.6 is 0 Å². The van der Waals surface area contributed by atoms with Crippen LogP contribution < -0.4 is 0 Å². The average molecular weight is 209 g/mol. The van der Waals surface area contributed by atoms with E-state index in [-0.39, 0.29) is 17.1 Å². The van der Waals surface area contributed by atoms with Crippen molar-refractivity contribution >= 4 is 0 Å². The van der Waals surface area contributed by atoms with Gasteiger partial charge in [-0.15, -0.1) is 0 Å². The molecule has 64 valence electrons. The Balaban J connectivity index is 0.000001000. The minimum atomic E-state index is -4.24. The molecule has 0 saturated carbocycles. The van der Waals surface area contributed by atoms with Crippen LogP contribution in [0, 0.1) is 6.07 Å². The molecule has 4 heteroatoms. The molecule has 0 aliphatic heterocycles. The average Bonchev–Trinajstić information content (AvgIpc) is 1.88. The van der Waals surface area contributed by atoms with Gasteiger partial charge in [-0.1, -0.05) is 12.1 Å². The fourth-order valence-electron chi connectivity index (χ4n) is 0.570. The van der Waals surface area contributed by atoms with Crippen molar-refractivity contribution in [2.24, 2.45) is 0 Å². The van der Waals surface area contributed by atoms with Crippen molar-refractivity contribution in [3.63, 3.8) is 0 Å². The molecule has 11 heavy (non-hydrogen) atoms. The van der Waals surface area contributed by atoms with Crippen molar-refractivity contribution in [3.05, 3.63) is 35.9 Å². The van der Waals surface area contributed by atoms with Crippen LogP contribution in [0.15, 0.2) is 24.3 Å². The van der Waals surface area contributed by atoms with Gasteiger partial charge in [0, 0.05) is 17.1 Å². The topological polar surface area (TPSA) is 0 Å². The Kier molecular flexibility index (Phi) is 3.63. The molecular formula is C7H4CuF3. The molecule has 0 N–H and O–H groups in total. The van der Waals surface area contributed by atoms with Gasteiger partial charge in [-0.25, -0.2) is 0 Å². The molecule has 2 radical (unpaired) electrons. The van der Waals surface area contributed by atoms with E-state index in [1.54, 1.807) is 0 Å². The zero-order valence-corrected chi connectivity index (χ0v) is 6.19. The van der Waals surface area contributed by atoms with Gasteiger partial charge in [-0.2, -0.15) is 13.2 Å². The van der Waals surface area contributed by atoms with Crippen molar-refractivity contribution in [2.45, 2.75) is 6.18 Å². The van der Waals surface area contributed by atoms with Gasteiger partial charge in [0.1, 0.15) is 0 Å². The van der Waals surface area contributed by atoms with E-state index in [1.807, 2.05) is 0 Å². The first kappa shape index (κ1) is 10.5. The molecule has 0 unspecified atom stereocenters. The zero-order valence-electron chi connectivity index (χ0n) is 5.24. The van der Waals surface area contributed by atoms with Crippen molar-refractivity contribution < 1.29 is 30.2 Å². The largest absolute Gasteiger partial charge is 0.416 e. The predicted molar refractivity (Wildman–Crippen MR) is 30.3 cm³/mol. The molecule has 0 atom stereocenters. The van der Waals surface area contributed by atoms with E-state index in [0.29, 0.717) is 0 Å². The summed E-state index contributed by atoms with van der Waals surface area (Å²) in [4.78, 5) is 0. The number of rotatable bonds is 0. The SMILES string of the molecule is FC(F)(F)c1c[c]ccc1.[Cu]. The Hall–Kier alpha value is -0.471. The summed E-state index contributed by atoms with van der Waals surface area (Å²) in [6.45, 7) is 0. The monoisotopic (exact) mass is 208 g/mol. The van der Waals surface area contributed by atoms with Gasteiger partial charge in [-0.05, 0) is 18.2 Å². The number of hydrogen-bond acceptors (Lipinski definition) is 0. The first-order valence-electron chi connectivity index (χ1n) is 2.64. The second-order valence-corrected chi connectivity index (χ2v) is 1.79. The first-order valence-corrected chi connectivity index (χ1v) is 2.64. The van der Waals surface area contributed by atoms with E-state index < -0.39 is 11.7 Å². The first-order chi connectivity index (χ1) is 4.61. The fourth-order valence-corrected chi connectivity index (χ4v) is 0.570. The summed E-state index contributed by atoms with van der Waals surface area (Å²) < 4.78 is 35.3. The summed E-state index contributed by atoms with van der Waals surface area (Å²) in [5.74, 6) is 0. The standard InChI is InChI=1S/C7H4F3.Cu/c8-7(9,10)6-4-2-1-3-5-6;/h1-2,4-5H;. The molecule has 0 saturated heterocycles. The maximum atomic E-state index is 11.8. The number of benzene rings is 1. The van der Waals surface area contributed by atoms with Crippen molar-refractivity contribution in [1.82, 2.24) is 0 Å². The molecule has 0 spiro atoms. The molecule has 0 amide bonds. The van der Waals surface area contributed by atoms with Crippen LogP contribution in [0.3, 0.4) is 0 Å². The number of halogens is 3. The van der Waals surface area contributed by atoms with Gasteiger partial charge in [0.15, 0.2) is 0 Å². The Morgan fingerprint density at radius 2 is 1.91 bits per heavy atom. The third-order valence-corrected chi connectivity index (χ3v) is 1.03. The minimum absolute atomic E-state index is 0. The fraction of sp³-hybridized carbons (Fsp3) is 0.143. The van der Waals surface area contributed by atoms with Crippen molar-refractivity contribution in [2.75, 3.05) is 0 Å². The molecule has 1 rings (SSSR count). The smallest absolute Gasteiger partial charge is 0.166 e. The molecule has 0 aliphatic carbocycles. The molecule has 0 aliphatic rings. The van der Waals surface area contributed by atoms with Gasteiger partial charge in [0.2, 0.25) is 0 Å². The van der Waals surface area contributed by atoms with Crippen LogP contribution in [-0.4, -0.2) is 0 Å². The van der Waals surface area contributed by atoms with Crippen LogP contribution in [0.4, 0.5) is 13.2 Å². The Morgan fingerprint density at radius 3 is 2.18 bits per heavy atom. The van der Waals surface area contributed by atoms with Gasteiger partial charge in [-0.3, -0.25) is 0 Å². The molecule has 0 nitrogen and oxygen atoms in total. The molecule has 1 aromatic carbocycles. The van der Waals surface area contributed by atoms with Gasteiger partial charge in [0.25, 0.3) is 0 Å². The van der Waals surface area contributed by atoms with E-state index in [1.165, 1.54) is 12.1 Å². The third-order valence-electron chi connectivity index (χ3n) is 1.03. The minimum Gasteiger partial charge on any atom is -0.166 e. The van der Waals surface area contributed by atoms with E-state index in [4.69, 9.17) is 0 Å². The number of alkyl halides is 3. The summed E-state index contributed by atoms with van der Waals surface area (Å²) >= 11 is 0. The van der Waals surface area contributed by atoms with Crippen LogP contribution in [-0.2, 0) is 23.2 Å². The summed E-state index contributed by atoms with van der Waals surface area (Å²) in [5, 5.41) is 0. The Morgan fingerprint density at radius 1 is 1.27 bits per heavy atom. The summed E-state index contributed by atoms with van der Waals surface area (Å²) in [6, 6.07) is 7.01. The quantitative estimate of drug-likeness (QED) is 0.575. The maximum absolute atomic E-state index is 11.8. The molecule has 0 bridgehead atoms. The Bertz CT molecular complexity index is 205. The van der Waals surface area contributed by atoms with Crippen LogP contribution in [0.25, 0.3) is 0 Å². The third kappa shape index (κ3) is 2.95. The molecular weight excluding hydrogens is 205 g/mol. The Labute approximate surface area is 72.9 Å². The van der Waals surface area contributed by atoms with Gasteiger partial charge >= 0.3 is 6.18 Å². The predicted octanol–water partition coefficient (Wildman–Crippen LogP) is 2.50. The van der Waals surface area contributed by atoms with Gasteiger partial charge in [0.05, 0.1) is 5.56 Å². The summed E-state index contributed by atoms with van der Waals surface area (Å²) in [5.41, 5.74) is -0.657. The zero-order chi connectivity index (χ0) is 7.61. The van der Waals surface area contributed by atoms with Crippen molar-refractivity contribution in [3.8, 4) is 0 Å². The summed E-state index contributed by atoms with van der Waals surface area (Å²) in [6.07, 6.45) is -4.24. The van der Waals surface area contributed by atoms with E-state index in [2.05, 4.69) is 6.07 Å². The second kappa shape index (κ2) is 3.79. The van der Waals surface area contributed by atoms with Crippen LogP contribution in [0.1, 0.15) is 5.56 Å². The molecule has 0 aromatic heterocycles. The van der Waals surface area contributed by atoms with Crippen LogP contribution in [0.5, 0.6) is 0 Å². The maximum Gasteiger partial charge on any atom is 0.416 e. The molecule has 0 fully saturated rings. The summed E-state index contributed by atoms with van der Waals surface area (Å²) in [7, 11) is 0. The van der Waals surface area contributed by atoms with Crippen LogP contribution in [0.2, 0.25) is 0 Å². The van der Waals surface area contributed by atoms with E-state index in [9.17, 15) is 13.2 Å². The second-order valence-electron chi connectivity index (χ2n) is 1.79.